The lowest BCUT2D eigenvalue weighted by molar-refractivity contribution is 0.0994. The Bertz CT molecular complexity index is 728. The van der Waals surface area contributed by atoms with Gasteiger partial charge in [-0.05, 0) is 18.6 Å². The molecule has 0 fully saturated rings. The fourth-order valence-corrected chi connectivity index (χ4v) is 2.62. The molecule has 5 heteroatoms. The number of aliphatic hydroxyl groups excluding tert-OH is 1. The molecule has 0 aliphatic heterocycles. The maximum Gasteiger partial charge on any atom is 0.163 e. The number of carbonyl (C=O) groups is 1. The Kier molecular flexibility index (Phi) is 3.90. The van der Waals surface area contributed by atoms with Gasteiger partial charge in [0.05, 0.1) is 0 Å². The van der Waals surface area contributed by atoms with Crippen molar-refractivity contribution in [3.8, 4) is 5.75 Å². The molecule has 114 valence electrons. The number of rotatable bonds is 4. The van der Waals surface area contributed by atoms with Crippen molar-refractivity contribution >= 4 is 5.78 Å². The highest BCUT2D eigenvalue weighted by atomic mass is 19.1. The SMILES string of the molecule is O=C1CCc2c(OCC(O)c3ccc(F)cc3F)cccc21. The van der Waals surface area contributed by atoms with Crippen LogP contribution in [0.25, 0.3) is 0 Å². The standard InChI is InChI=1S/C17H14F2O3/c18-10-4-5-13(14(19)8-10)16(21)9-22-17-3-1-2-11-12(17)6-7-15(11)20/h1-5,8,16,21H,6-7,9H2. The molecule has 3 nitrogen and oxygen atoms in total. The van der Waals surface area contributed by atoms with Gasteiger partial charge in [0.2, 0.25) is 0 Å². The summed E-state index contributed by atoms with van der Waals surface area (Å²) >= 11 is 0. The lowest BCUT2D eigenvalue weighted by Crippen LogP contribution is -2.12. The fraction of sp³-hybridized carbons (Fsp3) is 0.235. The van der Waals surface area contributed by atoms with Gasteiger partial charge in [0, 0.05) is 29.2 Å². The van der Waals surface area contributed by atoms with Gasteiger partial charge in [0.25, 0.3) is 0 Å². The average molecular weight is 304 g/mol. The maximum absolute atomic E-state index is 13.6. The van der Waals surface area contributed by atoms with E-state index in [9.17, 15) is 18.7 Å². The van der Waals surface area contributed by atoms with E-state index < -0.39 is 17.7 Å². The number of hydrogen-bond acceptors (Lipinski definition) is 3. The molecule has 1 atom stereocenters. The van der Waals surface area contributed by atoms with E-state index in [0.717, 1.165) is 17.7 Å². The fourth-order valence-electron chi connectivity index (χ4n) is 2.62. The third kappa shape index (κ3) is 2.72. The minimum Gasteiger partial charge on any atom is -0.490 e. The topological polar surface area (TPSA) is 46.5 Å². The summed E-state index contributed by atoms with van der Waals surface area (Å²) in [6, 6.07) is 8.16. The lowest BCUT2D eigenvalue weighted by Gasteiger charge is -2.15. The number of carbonyl (C=O) groups excluding carboxylic acids is 1. The Morgan fingerprint density at radius 1 is 1.18 bits per heavy atom. The molecule has 1 unspecified atom stereocenters. The molecule has 0 amide bonds. The molecular formula is C17H14F2O3. The molecule has 22 heavy (non-hydrogen) atoms. The molecule has 0 saturated heterocycles. The molecule has 1 N–H and O–H groups in total. The second-order valence-corrected chi connectivity index (χ2v) is 5.20. The van der Waals surface area contributed by atoms with Crippen LogP contribution in [0.15, 0.2) is 36.4 Å². The van der Waals surface area contributed by atoms with Crippen molar-refractivity contribution in [2.24, 2.45) is 0 Å². The van der Waals surface area contributed by atoms with Crippen molar-refractivity contribution in [2.75, 3.05) is 6.61 Å². The molecule has 2 aromatic rings. The second kappa shape index (κ2) is 5.85. The van der Waals surface area contributed by atoms with Crippen LogP contribution in [0.2, 0.25) is 0 Å². The van der Waals surface area contributed by atoms with Crippen LogP contribution >= 0.6 is 0 Å². The zero-order chi connectivity index (χ0) is 15.7. The summed E-state index contributed by atoms with van der Waals surface area (Å²) in [4.78, 5) is 11.7. The summed E-state index contributed by atoms with van der Waals surface area (Å²) in [5.74, 6) is -0.922. The molecular weight excluding hydrogens is 290 g/mol. The summed E-state index contributed by atoms with van der Waals surface area (Å²) in [5, 5.41) is 10.00. The van der Waals surface area contributed by atoms with Crippen LogP contribution in [0, 0.1) is 11.6 Å². The van der Waals surface area contributed by atoms with Crippen molar-refractivity contribution < 1.29 is 23.4 Å². The van der Waals surface area contributed by atoms with E-state index in [-0.39, 0.29) is 18.0 Å². The van der Waals surface area contributed by atoms with Crippen LogP contribution < -0.4 is 4.74 Å². The van der Waals surface area contributed by atoms with E-state index in [0.29, 0.717) is 24.2 Å². The van der Waals surface area contributed by atoms with Gasteiger partial charge in [-0.1, -0.05) is 18.2 Å². The monoisotopic (exact) mass is 304 g/mol. The van der Waals surface area contributed by atoms with E-state index in [1.54, 1.807) is 18.2 Å². The summed E-state index contributed by atoms with van der Waals surface area (Å²) < 4.78 is 32.0. The molecule has 0 aromatic heterocycles. The summed E-state index contributed by atoms with van der Waals surface area (Å²) in [7, 11) is 0. The van der Waals surface area contributed by atoms with Crippen molar-refractivity contribution in [1.82, 2.24) is 0 Å². The quantitative estimate of drug-likeness (QED) is 0.943. The molecule has 1 aliphatic rings. The number of aliphatic hydroxyl groups is 1. The predicted molar refractivity (Wildman–Crippen MR) is 75.9 cm³/mol. The summed E-state index contributed by atoms with van der Waals surface area (Å²) in [6.45, 7) is -0.173. The Hall–Kier alpha value is -2.27. The van der Waals surface area contributed by atoms with Crippen molar-refractivity contribution in [1.29, 1.82) is 0 Å². The average Bonchev–Trinajstić information content (AvgIpc) is 2.87. The van der Waals surface area contributed by atoms with Gasteiger partial charge < -0.3 is 9.84 Å². The second-order valence-electron chi connectivity index (χ2n) is 5.20. The zero-order valence-electron chi connectivity index (χ0n) is 11.7. The molecule has 0 spiro atoms. The van der Waals surface area contributed by atoms with Gasteiger partial charge in [-0.25, -0.2) is 8.78 Å². The summed E-state index contributed by atoms with van der Waals surface area (Å²) in [6.07, 6.45) is -0.163. The first-order valence-corrected chi connectivity index (χ1v) is 6.97. The van der Waals surface area contributed by atoms with Crippen molar-refractivity contribution in [2.45, 2.75) is 18.9 Å². The number of Topliss-reactive ketones (excluding diaryl/α,β-unsaturated/α-hetero) is 1. The number of halogens is 2. The van der Waals surface area contributed by atoms with E-state index >= 15 is 0 Å². The highest BCUT2D eigenvalue weighted by Crippen LogP contribution is 2.31. The van der Waals surface area contributed by atoms with Crippen LogP contribution in [0.4, 0.5) is 8.78 Å². The Balaban J connectivity index is 1.74. The highest BCUT2D eigenvalue weighted by molar-refractivity contribution is 6.01. The number of hydrogen-bond donors (Lipinski definition) is 1. The number of ketones is 1. The first kappa shape index (κ1) is 14.7. The van der Waals surface area contributed by atoms with Crippen LogP contribution in [0.3, 0.4) is 0 Å². The Labute approximate surface area is 126 Å². The third-order valence-electron chi connectivity index (χ3n) is 3.75. The highest BCUT2D eigenvalue weighted by Gasteiger charge is 2.23. The van der Waals surface area contributed by atoms with E-state index in [2.05, 4.69) is 0 Å². The predicted octanol–water partition coefficient (Wildman–Crippen LogP) is 3.21. The minimum absolute atomic E-state index is 0.0231. The van der Waals surface area contributed by atoms with E-state index in [1.807, 2.05) is 0 Å². The Morgan fingerprint density at radius 3 is 2.77 bits per heavy atom. The van der Waals surface area contributed by atoms with E-state index in [1.165, 1.54) is 6.07 Å². The molecule has 3 rings (SSSR count). The Morgan fingerprint density at radius 2 is 2.00 bits per heavy atom. The normalized spacial score (nSPS) is 14.8. The first-order chi connectivity index (χ1) is 10.6. The zero-order valence-corrected chi connectivity index (χ0v) is 11.7. The minimum atomic E-state index is -1.21. The van der Waals surface area contributed by atoms with Gasteiger partial charge in [0.15, 0.2) is 5.78 Å². The molecule has 1 aliphatic carbocycles. The van der Waals surface area contributed by atoms with Crippen molar-refractivity contribution in [3.05, 3.63) is 64.7 Å². The molecule has 2 aromatic carbocycles. The van der Waals surface area contributed by atoms with Gasteiger partial charge >= 0.3 is 0 Å². The molecule has 0 heterocycles. The number of benzene rings is 2. The van der Waals surface area contributed by atoms with Crippen LogP contribution in [-0.4, -0.2) is 17.5 Å². The summed E-state index contributed by atoms with van der Waals surface area (Å²) in [5.41, 5.74) is 1.43. The third-order valence-corrected chi connectivity index (χ3v) is 3.75. The van der Waals surface area contributed by atoms with Gasteiger partial charge in [-0.15, -0.1) is 0 Å². The molecule has 0 saturated carbocycles. The largest absolute Gasteiger partial charge is 0.490 e. The molecule has 0 bridgehead atoms. The first-order valence-electron chi connectivity index (χ1n) is 6.97. The van der Waals surface area contributed by atoms with Gasteiger partial charge in [-0.2, -0.15) is 0 Å². The molecule has 0 radical (unpaired) electrons. The van der Waals surface area contributed by atoms with E-state index in [4.69, 9.17) is 4.74 Å². The van der Waals surface area contributed by atoms with Crippen LogP contribution in [0.1, 0.15) is 34.0 Å². The van der Waals surface area contributed by atoms with Gasteiger partial charge in [-0.3, -0.25) is 4.79 Å². The smallest absolute Gasteiger partial charge is 0.163 e. The maximum atomic E-state index is 13.6. The number of fused-ring (bicyclic) bond motifs is 1. The van der Waals surface area contributed by atoms with Crippen LogP contribution in [0.5, 0.6) is 5.75 Å². The lowest BCUT2D eigenvalue weighted by atomic mass is 10.1. The van der Waals surface area contributed by atoms with Crippen LogP contribution in [-0.2, 0) is 6.42 Å². The van der Waals surface area contributed by atoms with Gasteiger partial charge in [0.1, 0.15) is 30.1 Å². The number of ether oxygens (including phenoxy) is 1. The van der Waals surface area contributed by atoms with Crippen molar-refractivity contribution in [3.63, 3.8) is 0 Å².